The number of hydrogen-bond acceptors (Lipinski definition) is 6. The molecule has 2 aromatic rings. The Balaban J connectivity index is 2.38. The molecule has 0 spiro atoms. The summed E-state index contributed by atoms with van der Waals surface area (Å²) in [6.07, 6.45) is 0. The second-order valence-electron chi connectivity index (χ2n) is 4.45. The number of aromatic nitrogens is 2. The van der Waals surface area contributed by atoms with E-state index >= 15 is 0 Å². The molecule has 0 aliphatic carbocycles. The highest BCUT2D eigenvalue weighted by Crippen LogP contribution is 2.35. The molecule has 0 saturated heterocycles. The fourth-order valence-corrected chi connectivity index (χ4v) is 4.12. The second kappa shape index (κ2) is 5.96. The van der Waals surface area contributed by atoms with Crippen molar-refractivity contribution in [3.8, 4) is 5.75 Å². The third-order valence-corrected chi connectivity index (χ3v) is 5.10. The van der Waals surface area contributed by atoms with Gasteiger partial charge in [0.05, 0.1) is 5.02 Å². The molecule has 2 N–H and O–H groups in total. The number of rotatable bonds is 4. The van der Waals surface area contributed by atoms with Crippen molar-refractivity contribution < 1.29 is 13.5 Å². The van der Waals surface area contributed by atoms with Crippen LogP contribution in [0.4, 0.5) is 5.13 Å². The molecule has 114 valence electrons. The maximum absolute atomic E-state index is 12.3. The summed E-state index contributed by atoms with van der Waals surface area (Å²) < 4.78 is 30.8. The van der Waals surface area contributed by atoms with E-state index in [1.165, 1.54) is 6.07 Å². The van der Waals surface area contributed by atoms with Crippen LogP contribution in [0.25, 0.3) is 0 Å². The fraction of sp³-hybridized carbons (Fsp3) is 0.273. The highest BCUT2D eigenvalue weighted by atomic mass is 35.5. The average molecular weight is 368 g/mol. The van der Waals surface area contributed by atoms with Crippen LogP contribution in [0.15, 0.2) is 17.0 Å². The lowest BCUT2D eigenvalue weighted by molar-refractivity contribution is 0.459. The lowest BCUT2D eigenvalue weighted by atomic mass is 10.2. The van der Waals surface area contributed by atoms with Crippen LogP contribution in [0.5, 0.6) is 5.75 Å². The van der Waals surface area contributed by atoms with Gasteiger partial charge in [0, 0.05) is 22.5 Å². The van der Waals surface area contributed by atoms with E-state index in [2.05, 4.69) is 14.1 Å². The van der Waals surface area contributed by atoms with Gasteiger partial charge in [0.1, 0.15) is 10.7 Å². The molecule has 1 aromatic carbocycles. The monoisotopic (exact) mass is 367 g/mol. The summed E-state index contributed by atoms with van der Waals surface area (Å²) in [5.41, 5.74) is 0. The number of halogens is 2. The zero-order valence-electron chi connectivity index (χ0n) is 11.0. The largest absolute Gasteiger partial charge is 0.505 e. The second-order valence-corrected chi connectivity index (χ2v) is 7.70. The van der Waals surface area contributed by atoms with Crippen molar-refractivity contribution in [1.82, 2.24) is 9.36 Å². The number of hydrogen-bond donors (Lipinski definition) is 2. The van der Waals surface area contributed by atoms with E-state index in [0.717, 1.165) is 17.6 Å². The van der Waals surface area contributed by atoms with Crippen molar-refractivity contribution in [1.29, 1.82) is 0 Å². The van der Waals surface area contributed by atoms with Gasteiger partial charge in [-0.25, -0.2) is 13.4 Å². The summed E-state index contributed by atoms with van der Waals surface area (Å²) in [6.45, 7) is 3.78. The van der Waals surface area contributed by atoms with E-state index in [-0.39, 0.29) is 21.1 Å². The number of sulfonamides is 1. The van der Waals surface area contributed by atoms with Crippen LogP contribution in [-0.2, 0) is 10.0 Å². The van der Waals surface area contributed by atoms with Crippen LogP contribution < -0.4 is 4.72 Å². The third kappa shape index (κ3) is 3.57. The quantitative estimate of drug-likeness (QED) is 0.862. The van der Waals surface area contributed by atoms with Crippen molar-refractivity contribution in [2.45, 2.75) is 24.7 Å². The van der Waals surface area contributed by atoms with Gasteiger partial charge in [-0.15, -0.1) is 0 Å². The zero-order valence-corrected chi connectivity index (χ0v) is 14.1. The molecule has 0 saturated carbocycles. The van der Waals surface area contributed by atoms with Crippen LogP contribution in [0.3, 0.4) is 0 Å². The van der Waals surface area contributed by atoms with Crippen LogP contribution in [0.1, 0.15) is 25.6 Å². The van der Waals surface area contributed by atoms with Gasteiger partial charge in [-0.2, -0.15) is 4.37 Å². The van der Waals surface area contributed by atoms with Gasteiger partial charge >= 0.3 is 0 Å². The first kappa shape index (κ1) is 16.3. The molecule has 1 heterocycles. The van der Waals surface area contributed by atoms with Crippen LogP contribution in [-0.4, -0.2) is 22.9 Å². The van der Waals surface area contributed by atoms with Crippen LogP contribution >= 0.6 is 34.7 Å². The first-order chi connectivity index (χ1) is 9.70. The lowest BCUT2D eigenvalue weighted by Crippen LogP contribution is -2.13. The van der Waals surface area contributed by atoms with E-state index < -0.39 is 20.7 Å². The van der Waals surface area contributed by atoms with E-state index in [1.54, 1.807) is 0 Å². The minimum absolute atomic E-state index is 0.0773. The van der Waals surface area contributed by atoms with E-state index in [9.17, 15) is 13.5 Å². The van der Waals surface area contributed by atoms with Gasteiger partial charge in [-0.05, 0) is 12.1 Å². The Labute approximate surface area is 136 Å². The Morgan fingerprint density at radius 1 is 1.33 bits per heavy atom. The zero-order chi connectivity index (χ0) is 15.8. The topological polar surface area (TPSA) is 92.2 Å². The molecule has 0 amide bonds. The summed E-state index contributed by atoms with van der Waals surface area (Å²) in [5, 5.41) is 9.84. The average Bonchev–Trinajstić information content (AvgIpc) is 2.81. The molecule has 0 atom stereocenters. The minimum atomic E-state index is -4.06. The van der Waals surface area contributed by atoms with Crippen molar-refractivity contribution in [2.75, 3.05) is 4.72 Å². The van der Waals surface area contributed by atoms with Crippen molar-refractivity contribution in [3.63, 3.8) is 0 Å². The molecule has 21 heavy (non-hydrogen) atoms. The smallest absolute Gasteiger partial charge is 0.267 e. The first-order valence-corrected chi connectivity index (χ1v) is 8.76. The van der Waals surface area contributed by atoms with Gasteiger partial charge < -0.3 is 5.11 Å². The van der Waals surface area contributed by atoms with Gasteiger partial charge in [0.15, 0.2) is 5.75 Å². The number of phenolic OH excluding ortho intramolecular Hbond substituents is 1. The maximum Gasteiger partial charge on any atom is 0.267 e. The first-order valence-electron chi connectivity index (χ1n) is 5.75. The lowest BCUT2D eigenvalue weighted by Gasteiger charge is -2.08. The van der Waals surface area contributed by atoms with Gasteiger partial charge in [-0.3, -0.25) is 4.72 Å². The standard InChI is InChI=1S/C11H11Cl2N3O3S2/c1-5(2)10-14-11(20-15-10)16-21(18,19)8-4-6(12)3-7(13)9(8)17/h3-5,17H,1-2H3,(H,14,15,16). The summed E-state index contributed by atoms with van der Waals surface area (Å²) in [5.74, 6) is 0.0433. The Bertz CT molecular complexity index is 775. The molecule has 0 radical (unpaired) electrons. The normalized spacial score (nSPS) is 11.9. The molecule has 10 heteroatoms. The number of nitrogens with one attached hydrogen (secondary N) is 1. The molecule has 6 nitrogen and oxygen atoms in total. The predicted octanol–water partition coefficient (Wildman–Crippen LogP) is 3.47. The van der Waals surface area contributed by atoms with E-state index in [1.807, 2.05) is 13.8 Å². The van der Waals surface area contributed by atoms with Crippen LogP contribution in [0, 0.1) is 0 Å². The number of phenols is 1. The maximum atomic E-state index is 12.3. The third-order valence-electron chi connectivity index (χ3n) is 2.46. The van der Waals surface area contributed by atoms with E-state index in [0.29, 0.717) is 5.82 Å². The number of anilines is 1. The van der Waals surface area contributed by atoms with Crippen LogP contribution in [0.2, 0.25) is 10.0 Å². The van der Waals surface area contributed by atoms with Crippen molar-refractivity contribution in [2.24, 2.45) is 0 Å². The Morgan fingerprint density at radius 2 is 2.00 bits per heavy atom. The number of nitrogens with zero attached hydrogens (tertiary/aromatic N) is 2. The molecule has 0 unspecified atom stereocenters. The number of benzene rings is 1. The number of aromatic hydroxyl groups is 1. The summed E-state index contributed by atoms with van der Waals surface area (Å²) in [7, 11) is -4.06. The molecular formula is C11H11Cl2N3O3S2. The predicted molar refractivity (Wildman–Crippen MR) is 82.9 cm³/mol. The SMILES string of the molecule is CC(C)c1nsc(NS(=O)(=O)c2cc(Cl)cc(Cl)c2O)n1. The summed E-state index contributed by atoms with van der Waals surface area (Å²) in [6, 6.07) is 2.36. The molecule has 0 aliphatic heterocycles. The molecule has 2 rings (SSSR count). The highest BCUT2D eigenvalue weighted by Gasteiger charge is 2.23. The Morgan fingerprint density at radius 3 is 2.57 bits per heavy atom. The minimum Gasteiger partial charge on any atom is -0.505 e. The Kier molecular flexibility index (Phi) is 4.62. The Hall–Kier alpha value is -1.09. The molecule has 0 bridgehead atoms. The van der Waals surface area contributed by atoms with Crippen molar-refractivity contribution >= 4 is 49.9 Å². The molecular weight excluding hydrogens is 357 g/mol. The fourth-order valence-electron chi connectivity index (χ4n) is 1.43. The van der Waals surface area contributed by atoms with Crippen molar-refractivity contribution in [3.05, 3.63) is 28.0 Å². The molecule has 0 aliphatic rings. The van der Waals surface area contributed by atoms with Gasteiger partial charge in [-0.1, -0.05) is 37.0 Å². The summed E-state index contributed by atoms with van der Waals surface area (Å²) >= 11 is 12.4. The molecule has 1 aromatic heterocycles. The van der Waals surface area contributed by atoms with E-state index in [4.69, 9.17) is 23.2 Å². The summed E-state index contributed by atoms with van der Waals surface area (Å²) in [4.78, 5) is 3.65. The van der Waals surface area contributed by atoms with Gasteiger partial charge in [0.2, 0.25) is 5.13 Å². The molecule has 0 fully saturated rings. The van der Waals surface area contributed by atoms with Gasteiger partial charge in [0.25, 0.3) is 10.0 Å². The highest BCUT2D eigenvalue weighted by molar-refractivity contribution is 7.93.